The van der Waals surface area contributed by atoms with Crippen LogP contribution in [0.4, 0.5) is 4.79 Å². The Balaban J connectivity index is 1.80. The minimum absolute atomic E-state index is 0.309. The molecule has 162 valence electrons. The average Bonchev–Trinajstić information content (AvgIpc) is 3.27. The number of fused-ring (bicyclic) bond motifs is 1. The molecule has 0 radical (unpaired) electrons. The van der Waals surface area contributed by atoms with Gasteiger partial charge < -0.3 is 18.6 Å². The predicted molar refractivity (Wildman–Crippen MR) is 121 cm³/mol. The van der Waals surface area contributed by atoms with E-state index in [1.165, 1.54) is 0 Å². The maximum Gasteiger partial charge on any atom is 0.410 e. The highest BCUT2D eigenvalue weighted by atomic mass is 79.9. The summed E-state index contributed by atoms with van der Waals surface area (Å²) in [7, 11) is 3.22. The van der Waals surface area contributed by atoms with Gasteiger partial charge in [-0.1, -0.05) is 28.1 Å². The fourth-order valence-electron chi connectivity index (χ4n) is 3.92. The van der Waals surface area contributed by atoms with Crippen LogP contribution >= 0.6 is 15.9 Å². The number of nitrogens with zero attached hydrogens (tertiary/aromatic N) is 1. The normalized spacial score (nSPS) is 15.4. The number of rotatable bonds is 5. The Labute approximate surface area is 189 Å². The Morgan fingerprint density at radius 3 is 2.48 bits per heavy atom. The van der Waals surface area contributed by atoms with Crippen molar-refractivity contribution in [3.05, 3.63) is 69.9 Å². The van der Waals surface area contributed by atoms with Crippen molar-refractivity contribution in [3.8, 4) is 22.8 Å². The van der Waals surface area contributed by atoms with E-state index in [2.05, 4.69) is 15.9 Å². The molecule has 0 fully saturated rings. The molecule has 6 nitrogen and oxygen atoms in total. The first kappa shape index (κ1) is 21.3. The quantitative estimate of drug-likeness (QED) is 0.454. The van der Waals surface area contributed by atoms with Gasteiger partial charge in [0.25, 0.3) is 0 Å². The highest BCUT2D eigenvalue weighted by Gasteiger charge is 2.36. The van der Waals surface area contributed by atoms with Crippen LogP contribution in [0.2, 0.25) is 0 Å². The Morgan fingerprint density at radius 1 is 1.10 bits per heavy atom. The SMILES string of the molecule is CCOC(=O)N1CCc2cc(OC)c(OC)cc2C1c1ccc(-c2ccc(Br)cc2)o1. The van der Waals surface area contributed by atoms with Crippen LogP contribution in [0.1, 0.15) is 29.9 Å². The van der Waals surface area contributed by atoms with Crippen molar-refractivity contribution in [2.24, 2.45) is 0 Å². The summed E-state index contributed by atoms with van der Waals surface area (Å²) in [6, 6.07) is 15.2. The van der Waals surface area contributed by atoms with E-state index >= 15 is 0 Å². The molecule has 1 unspecified atom stereocenters. The van der Waals surface area contributed by atoms with Crippen molar-refractivity contribution in [3.63, 3.8) is 0 Å². The van der Waals surface area contributed by atoms with Gasteiger partial charge in [0, 0.05) is 16.6 Å². The van der Waals surface area contributed by atoms with Crippen molar-refractivity contribution in [1.29, 1.82) is 0 Å². The van der Waals surface area contributed by atoms with Gasteiger partial charge >= 0.3 is 6.09 Å². The van der Waals surface area contributed by atoms with Crippen LogP contribution in [0.3, 0.4) is 0 Å². The van der Waals surface area contributed by atoms with Crippen molar-refractivity contribution in [1.82, 2.24) is 4.90 Å². The number of furan rings is 1. The number of ether oxygens (including phenoxy) is 3. The number of methoxy groups -OCH3 is 2. The molecule has 7 heteroatoms. The molecule has 0 spiro atoms. The molecule has 0 saturated carbocycles. The molecule has 1 aliphatic rings. The third-order valence-electron chi connectivity index (χ3n) is 5.40. The molecule has 0 N–H and O–H groups in total. The predicted octanol–water partition coefficient (Wildman–Crippen LogP) is 5.83. The average molecular weight is 486 g/mol. The second-order valence-corrected chi connectivity index (χ2v) is 8.08. The van der Waals surface area contributed by atoms with Crippen LogP contribution < -0.4 is 9.47 Å². The largest absolute Gasteiger partial charge is 0.493 e. The van der Waals surface area contributed by atoms with E-state index in [4.69, 9.17) is 18.6 Å². The van der Waals surface area contributed by atoms with Crippen molar-refractivity contribution >= 4 is 22.0 Å². The van der Waals surface area contributed by atoms with E-state index in [-0.39, 0.29) is 6.09 Å². The lowest BCUT2D eigenvalue weighted by Gasteiger charge is -2.35. The van der Waals surface area contributed by atoms with Gasteiger partial charge in [0.15, 0.2) is 11.5 Å². The van der Waals surface area contributed by atoms with E-state index in [1.807, 2.05) is 48.5 Å². The number of amides is 1. The lowest BCUT2D eigenvalue weighted by molar-refractivity contribution is 0.0896. The van der Waals surface area contributed by atoms with E-state index in [9.17, 15) is 4.79 Å². The Kier molecular flexibility index (Phi) is 6.23. The van der Waals surface area contributed by atoms with Gasteiger partial charge in [-0.3, -0.25) is 4.90 Å². The zero-order valence-corrected chi connectivity index (χ0v) is 19.3. The van der Waals surface area contributed by atoms with Gasteiger partial charge in [0.1, 0.15) is 17.6 Å². The van der Waals surface area contributed by atoms with Gasteiger partial charge in [-0.05, 0) is 60.9 Å². The maximum atomic E-state index is 12.8. The molecule has 1 amide bonds. The molecule has 31 heavy (non-hydrogen) atoms. The topological polar surface area (TPSA) is 61.1 Å². The molecule has 1 atom stereocenters. The smallest absolute Gasteiger partial charge is 0.410 e. The van der Waals surface area contributed by atoms with Gasteiger partial charge in [-0.25, -0.2) is 4.79 Å². The molecule has 0 aliphatic carbocycles. The summed E-state index contributed by atoms with van der Waals surface area (Å²) >= 11 is 3.46. The highest BCUT2D eigenvalue weighted by Crippen LogP contribution is 2.42. The van der Waals surface area contributed by atoms with Crippen molar-refractivity contribution < 1.29 is 23.4 Å². The third kappa shape index (κ3) is 4.14. The number of carbonyl (C=O) groups excluding carboxylic acids is 1. The maximum absolute atomic E-state index is 12.8. The standard InChI is InChI=1S/C24H24BrNO5/c1-4-30-24(27)26-12-11-16-13-21(28-2)22(29-3)14-18(16)23(26)20-10-9-19(31-20)15-5-7-17(25)8-6-15/h5-10,13-14,23H,4,11-12H2,1-3H3. The van der Waals surface area contributed by atoms with Crippen LogP contribution in [0.25, 0.3) is 11.3 Å². The molecule has 0 saturated heterocycles. The lowest BCUT2D eigenvalue weighted by Crippen LogP contribution is -2.40. The van der Waals surface area contributed by atoms with Gasteiger partial charge in [0.2, 0.25) is 0 Å². The first-order chi connectivity index (χ1) is 15.0. The number of hydrogen-bond acceptors (Lipinski definition) is 5. The molecule has 3 aromatic rings. The summed E-state index contributed by atoms with van der Waals surface area (Å²) < 4.78 is 23.6. The number of hydrogen-bond donors (Lipinski definition) is 0. The minimum Gasteiger partial charge on any atom is -0.493 e. The van der Waals surface area contributed by atoms with Gasteiger partial charge in [-0.15, -0.1) is 0 Å². The molecule has 2 aromatic carbocycles. The minimum atomic E-state index is -0.424. The second kappa shape index (κ2) is 9.06. The summed E-state index contributed by atoms with van der Waals surface area (Å²) in [5.74, 6) is 2.68. The fourth-order valence-corrected chi connectivity index (χ4v) is 4.19. The zero-order chi connectivity index (χ0) is 22.0. The first-order valence-corrected chi connectivity index (χ1v) is 10.9. The van der Waals surface area contributed by atoms with Crippen LogP contribution in [0.15, 0.2) is 57.4 Å². The summed E-state index contributed by atoms with van der Waals surface area (Å²) in [4.78, 5) is 14.5. The van der Waals surface area contributed by atoms with Crippen molar-refractivity contribution in [2.75, 3.05) is 27.4 Å². The molecule has 1 aliphatic heterocycles. The molecule has 0 bridgehead atoms. The zero-order valence-electron chi connectivity index (χ0n) is 17.7. The summed E-state index contributed by atoms with van der Waals surface area (Å²) in [5, 5.41) is 0. The second-order valence-electron chi connectivity index (χ2n) is 7.16. The molecular formula is C24H24BrNO5. The van der Waals surface area contributed by atoms with Gasteiger partial charge in [-0.2, -0.15) is 0 Å². The third-order valence-corrected chi connectivity index (χ3v) is 5.93. The number of benzene rings is 2. The van der Waals surface area contributed by atoms with Crippen LogP contribution in [0, 0.1) is 0 Å². The monoisotopic (exact) mass is 485 g/mol. The molecule has 1 aromatic heterocycles. The highest BCUT2D eigenvalue weighted by molar-refractivity contribution is 9.10. The van der Waals surface area contributed by atoms with E-state index in [0.29, 0.717) is 36.8 Å². The van der Waals surface area contributed by atoms with Crippen LogP contribution in [-0.2, 0) is 11.2 Å². The Morgan fingerprint density at radius 2 is 1.81 bits per heavy atom. The number of carbonyl (C=O) groups is 1. The van der Waals surface area contributed by atoms with E-state index < -0.39 is 6.04 Å². The molecular weight excluding hydrogens is 462 g/mol. The van der Waals surface area contributed by atoms with Gasteiger partial charge in [0.05, 0.1) is 20.8 Å². The summed E-state index contributed by atoms with van der Waals surface area (Å²) in [6.07, 6.45) is 0.320. The first-order valence-electron chi connectivity index (χ1n) is 10.1. The molecule has 4 rings (SSSR count). The summed E-state index contributed by atoms with van der Waals surface area (Å²) in [5.41, 5.74) is 2.99. The molecule has 2 heterocycles. The summed E-state index contributed by atoms with van der Waals surface area (Å²) in [6.45, 7) is 2.63. The van der Waals surface area contributed by atoms with Crippen LogP contribution in [-0.4, -0.2) is 38.4 Å². The Hall–Kier alpha value is -2.93. The number of halogens is 1. The Bertz CT molecular complexity index is 1080. The van der Waals surface area contributed by atoms with E-state index in [1.54, 1.807) is 26.0 Å². The van der Waals surface area contributed by atoms with E-state index in [0.717, 1.165) is 26.9 Å². The lowest BCUT2D eigenvalue weighted by atomic mass is 9.90. The van der Waals surface area contributed by atoms with Crippen LogP contribution in [0.5, 0.6) is 11.5 Å². The fraction of sp³-hybridized carbons (Fsp3) is 0.292. The van der Waals surface area contributed by atoms with Crippen molar-refractivity contribution in [2.45, 2.75) is 19.4 Å².